The number of nitrogens with one attached hydrogen (secondary N) is 1. The van der Waals surface area contributed by atoms with Crippen LogP contribution in [-0.4, -0.2) is 47.6 Å². The van der Waals surface area contributed by atoms with Crippen LogP contribution in [0.5, 0.6) is 0 Å². The molecule has 1 aliphatic heterocycles. The van der Waals surface area contributed by atoms with Crippen molar-refractivity contribution in [1.29, 1.82) is 0 Å². The van der Waals surface area contributed by atoms with Crippen LogP contribution >= 0.6 is 0 Å². The van der Waals surface area contributed by atoms with Gasteiger partial charge < -0.3 is 10.1 Å². The van der Waals surface area contributed by atoms with Gasteiger partial charge in [-0.1, -0.05) is 32.0 Å². The van der Waals surface area contributed by atoms with E-state index in [1.807, 2.05) is 18.2 Å². The summed E-state index contributed by atoms with van der Waals surface area (Å²) in [6, 6.07) is 5.74. The first-order valence-corrected chi connectivity index (χ1v) is 10.2. The van der Waals surface area contributed by atoms with Crippen LogP contribution in [0, 0.1) is 0 Å². The Bertz CT molecular complexity index is 683. The highest BCUT2D eigenvalue weighted by molar-refractivity contribution is 5.93. The highest BCUT2D eigenvalue weighted by atomic mass is 16.5. The number of aryl methyl sites for hydroxylation is 2. The number of ether oxygens (including phenoxy) is 1. The maximum atomic E-state index is 12.9. The summed E-state index contributed by atoms with van der Waals surface area (Å²) < 4.78 is 4.88. The van der Waals surface area contributed by atoms with Crippen LogP contribution in [0.1, 0.15) is 57.6 Å². The zero-order valence-electron chi connectivity index (χ0n) is 17.1. The molecule has 1 fully saturated rings. The number of carbonyl (C=O) groups is 3. The first kappa shape index (κ1) is 21.7. The van der Waals surface area contributed by atoms with Gasteiger partial charge in [-0.05, 0) is 43.7 Å². The Morgan fingerprint density at radius 2 is 1.64 bits per heavy atom. The smallest absolute Gasteiger partial charge is 0.340 e. The van der Waals surface area contributed by atoms with E-state index in [-0.39, 0.29) is 30.7 Å². The lowest BCUT2D eigenvalue weighted by Gasteiger charge is -2.28. The van der Waals surface area contributed by atoms with Crippen molar-refractivity contribution in [3.63, 3.8) is 0 Å². The minimum Gasteiger partial charge on any atom is -0.466 e. The molecule has 28 heavy (non-hydrogen) atoms. The van der Waals surface area contributed by atoms with E-state index >= 15 is 0 Å². The number of hydrazine groups is 1. The van der Waals surface area contributed by atoms with Crippen molar-refractivity contribution in [3.8, 4) is 0 Å². The number of rotatable bonds is 8. The SMILES string of the molecule is CCOC(=O)CCCC(=O)N1CCCN1C(=O)Nc1c(CC)cccc1CC. The average Bonchev–Trinajstić information content (AvgIpc) is 3.18. The lowest BCUT2D eigenvalue weighted by Crippen LogP contribution is -2.46. The fourth-order valence-electron chi connectivity index (χ4n) is 3.40. The molecule has 1 saturated heterocycles. The summed E-state index contributed by atoms with van der Waals surface area (Å²) in [5, 5.41) is 6.00. The lowest BCUT2D eigenvalue weighted by molar-refractivity contribution is -0.143. The Morgan fingerprint density at radius 1 is 1.00 bits per heavy atom. The molecular formula is C21H31N3O4. The first-order valence-electron chi connectivity index (χ1n) is 10.2. The largest absolute Gasteiger partial charge is 0.466 e. The van der Waals surface area contributed by atoms with Crippen LogP contribution in [-0.2, 0) is 27.2 Å². The molecule has 0 radical (unpaired) electrons. The zero-order chi connectivity index (χ0) is 20.5. The number of amides is 3. The number of anilines is 1. The van der Waals surface area contributed by atoms with E-state index in [1.54, 1.807) is 6.92 Å². The summed E-state index contributed by atoms with van der Waals surface area (Å²) in [6.45, 7) is 7.22. The highest BCUT2D eigenvalue weighted by Gasteiger charge is 2.31. The molecule has 0 aromatic heterocycles. The monoisotopic (exact) mass is 389 g/mol. The second kappa shape index (κ2) is 10.7. The highest BCUT2D eigenvalue weighted by Crippen LogP contribution is 2.24. The number of hydrogen-bond donors (Lipinski definition) is 1. The van der Waals surface area contributed by atoms with Gasteiger partial charge in [0.05, 0.1) is 6.61 Å². The van der Waals surface area contributed by atoms with Crippen LogP contribution in [0.15, 0.2) is 18.2 Å². The summed E-state index contributed by atoms with van der Waals surface area (Å²) in [5.41, 5.74) is 3.01. The van der Waals surface area contributed by atoms with Crippen LogP contribution in [0.4, 0.5) is 10.5 Å². The number of hydrogen-bond acceptors (Lipinski definition) is 4. The molecule has 0 atom stereocenters. The molecule has 1 aromatic rings. The van der Waals surface area contributed by atoms with Crippen molar-refractivity contribution >= 4 is 23.6 Å². The van der Waals surface area contributed by atoms with Gasteiger partial charge in [0.15, 0.2) is 0 Å². The predicted molar refractivity (Wildman–Crippen MR) is 108 cm³/mol. The van der Waals surface area contributed by atoms with Crippen molar-refractivity contribution in [2.75, 3.05) is 25.0 Å². The van der Waals surface area contributed by atoms with Gasteiger partial charge >= 0.3 is 12.0 Å². The summed E-state index contributed by atoms with van der Waals surface area (Å²) >= 11 is 0. The van der Waals surface area contributed by atoms with Crippen LogP contribution in [0.3, 0.4) is 0 Å². The van der Waals surface area contributed by atoms with Crippen LogP contribution in [0.25, 0.3) is 0 Å². The van der Waals surface area contributed by atoms with E-state index in [0.29, 0.717) is 26.1 Å². The molecular weight excluding hydrogens is 358 g/mol. The van der Waals surface area contributed by atoms with Gasteiger partial charge in [-0.2, -0.15) is 0 Å². The third-order valence-corrected chi connectivity index (χ3v) is 4.86. The zero-order valence-corrected chi connectivity index (χ0v) is 17.1. The van der Waals surface area contributed by atoms with Gasteiger partial charge in [0.2, 0.25) is 5.91 Å². The Kier molecular flexibility index (Phi) is 8.29. The molecule has 0 bridgehead atoms. The molecule has 1 aromatic carbocycles. The standard InChI is InChI=1S/C21H31N3O4/c1-4-16-10-7-11-17(5-2)20(16)22-21(27)24-15-9-14-23(24)18(25)12-8-13-19(26)28-6-3/h7,10-11H,4-6,8-9,12-15H2,1-3H3,(H,22,27). The van der Waals surface area contributed by atoms with Gasteiger partial charge in [0.25, 0.3) is 0 Å². The molecule has 0 aliphatic carbocycles. The average molecular weight is 389 g/mol. The second-order valence-corrected chi connectivity index (χ2v) is 6.74. The van der Waals surface area contributed by atoms with E-state index in [4.69, 9.17) is 4.74 Å². The Hall–Kier alpha value is -2.57. The van der Waals surface area contributed by atoms with Gasteiger partial charge in [-0.25, -0.2) is 9.80 Å². The maximum Gasteiger partial charge on any atom is 0.340 e. The minimum atomic E-state index is -0.297. The molecule has 0 saturated carbocycles. The number of para-hydroxylation sites is 1. The topological polar surface area (TPSA) is 79.0 Å². The second-order valence-electron chi connectivity index (χ2n) is 6.74. The van der Waals surface area contributed by atoms with E-state index in [9.17, 15) is 14.4 Å². The molecule has 1 heterocycles. The predicted octanol–water partition coefficient (Wildman–Crippen LogP) is 3.53. The maximum absolute atomic E-state index is 12.9. The quantitative estimate of drug-likeness (QED) is 0.690. The third kappa shape index (κ3) is 5.47. The van der Waals surface area contributed by atoms with Crippen molar-refractivity contribution in [1.82, 2.24) is 10.0 Å². The molecule has 0 spiro atoms. The molecule has 3 amide bonds. The van der Waals surface area contributed by atoms with Crippen LogP contribution < -0.4 is 5.32 Å². The lowest BCUT2D eigenvalue weighted by atomic mass is 10.0. The molecule has 1 N–H and O–H groups in total. The fraction of sp³-hybridized carbons (Fsp3) is 0.571. The number of esters is 1. The van der Waals surface area contributed by atoms with Crippen molar-refractivity contribution in [2.45, 2.75) is 59.3 Å². The number of carbonyl (C=O) groups excluding carboxylic acids is 3. The van der Waals surface area contributed by atoms with E-state index < -0.39 is 0 Å². The van der Waals surface area contributed by atoms with Crippen molar-refractivity contribution in [3.05, 3.63) is 29.3 Å². The molecule has 7 nitrogen and oxygen atoms in total. The van der Waals surface area contributed by atoms with E-state index in [1.165, 1.54) is 10.0 Å². The Morgan fingerprint density at radius 3 is 2.25 bits per heavy atom. The van der Waals surface area contributed by atoms with E-state index in [2.05, 4.69) is 19.2 Å². The fourth-order valence-corrected chi connectivity index (χ4v) is 3.40. The number of nitrogens with zero attached hydrogens (tertiary/aromatic N) is 2. The van der Waals surface area contributed by atoms with Gasteiger partial charge in [-0.3, -0.25) is 14.6 Å². The first-order chi connectivity index (χ1) is 13.5. The van der Waals surface area contributed by atoms with E-state index in [0.717, 1.165) is 36.1 Å². The van der Waals surface area contributed by atoms with Crippen LogP contribution in [0.2, 0.25) is 0 Å². The molecule has 1 aliphatic rings. The van der Waals surface area contributed by atoms with Gasteiger partial charge in [0, 0.05) is 31.6 Å². The third-order valence-electron chi connectivity index (χ3n) is 4.86. The Balaban J connectivity index is 1.99. The van der Waals surface area contributed by atoms with Crippen molar-refractivity contribution in [2.24, 2.45) is 0 Å². The van der Waals surface area contributed by atoms with Crippen molar-refractivity contribution < 1.29 is 19.1 Å². The summed E-state index contributed by atoms with van der Waals surface area (Å²) in [7, 11) is 0. The van der Waals surface area contributed by atoms with Gasteiger partial charge in [-0.15, -0.1) is 0 Å². The Labute approximate surface area is 167 Å². The summed E-state index contributed by atoms with van der Waals surface area (Å²) in [5.74, 6) is -0.439. The molecule has 154 valence electrons. The summed E-state index contributed by atoms with van der Waals surface area (Å²) in [4.78, 5) is 36.9. The molecule has 7 heteroatoms. The number of benzene rings is 1. The van der Waals surface area contributed by atoms with Gasteiger partial charge in [0.1, 0.15) is 0 Å². The molecule has 0 unspecified atom stereocenters. The summed E-state index contributed by atoms with van der Waals surface area (Å²) in [6.07, 6.45) is 3.23. The normalized spacial score (nSPS) is 13.5. The minimum absolute atomic E-state index is 0.142. The molecule has 2 rings (SSSR count). The number of urea groups is 1.